The van der Waals surface area contributed by atoms with Crippen molar-refractivity contribution < 1.29 is 4.79 Å². The number of carbonyl (C=O) groups excluding carboxylic acids is 1. The molecule has 0 radical (unpaired) electrons. The van der Waals surface area contributed by atoms with Gasteiger partial charge in [-0.3, -0.25) is 4.79 Å². The molecule has 0 saturated heterocycles. The number of Topliss-reactive ketones (excluding diaryl/α,β-unsaturated/α-hetero) is 1. The third-order valence-electron chi connectivity index (χ3n) is 4.19. The summed E-state index contributed by atoms with van der Waals surface area (Å²) in [6.07, 6.45) is 0. The minimum Gasteiger partial charge on any atom is -0.330 e. The molecule has 23 heavy (non-hydrogen) atoms. The molecule has 0 fully saturated rings. The van der Waals surface area contributed by atoms with Crippen molar-refractivity contribution >= 4 is 32.9 Å². The summed E-state index contributed by atoms with van der Waals surface area (Å²) in [6.45, 7) is 8.98. The fourth-order valence-electron chi connectivity index (χ4n) is 3.08. The van der Waals surface area contributed by atoms with E-state index in [0.717, 1.165) is 39.9 Å². The van der Waals surface area contributed by atoms with Crippen LogP contribution in [0.1, 0.15) is 42.4 Å². The number of benzene rings is 1. The van der Waals surface area contributed by atoms with E-state index in [0.29, 0.717) is 0 Å². The van der Waals surface area contributed by atoms with Gasteiger partial charge in [0.25, 0.3) is 0 Å². The predicted molar refractivity (Wildman–Crippen MR) is 99.3 cm³/mol. The Balaban J connectivity index is 2.18. The van der Waals surface area contributed by atoms with Crippen LogP contribution < -0.4 is 0 Å². The van der Waals surface area contributed by atoms with E-state index < -0.39 is 0 Å². The molecule has 0 N–H and O–H groups in total. The van der Waals surface area contributed by atoms with E-state index in [2.05, 4.69) is 35.9 Å². The number of thiophene rings is 1. The first-order valence-corrected chi connectivity index (χ1v) is 8.77. The quantitative estimate of drug-likeness (QED) is 0.445. The second-order valence-corrected chi connectivity index (χ2v) is 6.87. The van der Waals surface area contributed by atoms with Gasteiger partial charge in [-0.25, -0.2) is 0 Å². The van der Waals surface area contributed by atoms with Gasteiger partial charge in [0.2, 0.25) is 5.78 Å². The van der Waals surface area contributed by atoms with E-state index in [4.69, 9.17) is 0 Å². The van der Waals surface area contributed by atoms with E-state index in [1.807, 2.05) is 38.1 Å². The maximum Gasteiger partial charge on any atom is 0.209 e. The number of aryl methyl sites for hydroxylation is 2. The van der Waals surface area contributed by atoms with Gasteiger partial charge in [-0.1, -0.05) is 29.8 Å². The molecule has 0 bridgehead atoms. The predicted octanol–water partition coefficient (Wildman–Crippen LogP) is 5.71. The number of hydrogen-bond donors (Lipinski definition) is 0. The Hall–Kier alpha value is -2.13. The van der Waals surface area contributed by atoms with E-state index in [-0.39, 0.29) is 5.78 Å². The molecule has 2 nitrogen and oxygen atoms in total. The molecular weight excluding hydrogens is 302 g/mol. The summed E-state index contributed by atoms with van der Waals surface area (Å²) >= 11 is 1.69. The fraction of sp³-hybridized carbons (Fsp3) is 0.250. The third kappa shape index (κ3) is 2.66. The van der Waals surface area contributed by atoms with Crippen molar-refractivity contribution in [3.05, 3.63) is 64.2 Å². The minimum atomic E-state index is 0.115. The summed E-state index contributed by atoms with van der Waals surface area (Å²) in [5.41, 5.74) is 4.83. The molecule has 0 aliphatic heterocycles. The Bertz CT molecular complexity index is 907. The Labute approximate surface area is 141 Å². The lowest BCUT2D eigenvalue weighted by Crippen LogP contribution is -2.11. The zero-order chi connectivity index (χ0) is 16.6. The molecule has 0 atom stereocenters. The van der Waals surface area contributed by atoms with Crippen molar-refractivity contribution in [2.75, 3.05) is 0 Å². The van der Waals surface area contributed by atoms with Crippen molar-refractivity contribution in [2.45, 2.75) is 34.2 Å². The van der Waals surface area contributed by atoms with Gasteiger partial charge < -0.3 is 4.57 Å². The third-order valence-corrected chi connectivity index (χ3v) is 5.14. The van der Waals surface area contributed by atoms with Crippen molar-refractivity contribution in [3.63, 3.8) is 0 Å². The van der Waals surface area contributed by atoms with Gasteiger partial charge >= 0.3 is 0 Å². The minimum absolute atomic E-state index is 0.115. The van der Waals surface area contributed by atoms with Gasteiger partial charge in [-0.05, 0) is 56.3 Å². The molecule has 0 spiro atoms. The van der Waals surface area contributed by atoms with Crippen LogP contribution in [0.5, 0.6) is 0 Å². The molecule has 3 heteroatoms. The van der Waals surface area contributed by atoms with Crippen LogP contribution in [-0.2, 0) is 6.54 Å². The first-order valence-electron chi connectivity index (χ1n) is 7.89. The smallest absolute Gasteiger partial charge is 0.209 e. The molecule has 0 amide bonds. The van der Waals surface area contributed by atoms with Crippen LogP contribution in [0.2, 0.25) is 0 Å². The average Bonchev–Trinajstić information content (AvgIpc) is 3.09. The number of hydrogen-bond acceptors (Lipinski definition) is 2. The molecular formula is C20H21NOS. The number of carbonyl (C=O) groups is 1. The van der Waals surface area contributed by atoms with Crippen LogP contribution in [0.3, 0.4) is 0 Å². The molecule has 3 rings (SSSR count). The zero-order valence-corrected chi connectivity index (χ0v) is 14.8. The van der Waals surface area contributed by atoms with E-state index in [1.54, 1.807) is 11.3 Å². The van der Waals surface area contributed by atoms with Gasteiger partial charge in [-0.15, -0.1) is 11.3 Å². The molecule has 2 aromatic heterocycles. The number of fused-ring (bicyclic) bond motifs is 1. The Morgan fingerprint density at radius 2 is 1.91 bits per heavy atom. The summed E-state index contributed by atoms with van der Waals surface area (Å²) in [5.74, 6) is 0.115. The summed E-state index contributed by atoms with van der Waals surface area (Å²) in [4.78, 5) is 14.5. The lowest BCUT2D eigenvalue weighted by atomic mass is 9.92. The summed E-state index contributed by atoms with van der Waals surface area (Å²) < 4.78 is 2.13. The van der Waals surface area contributed by atoms with Crippen LogP contribution in [-0.4, -0.2) is 10.4 Å². The van der Waals surface area contributed by atoms with Gasteiger partial charge in [-0.2, -0.15) is 0 Å². The molecule has 3 aromatic rings. The van der Waals surface area contributed by atoms with Crippen molar-refractivity contribution in [2.24, 2.45) is 0 Å². The monoisotopic (exact) mass is 323 g/mol. The second kappa shape index (κ2) is 6.17. The molecule has 0 saturated carbocycles. The van der Waals surface area contributed by atoms with Crippen molar-refractivity contribution in [1.29, 1.82) is 0 Å². The molecule has 1 aromatic carbocycles. The highest BCUT2D eigenvalue weighted by atomic mass is 32.1. The van der Waals surface area contributed by atoms with Crippen LogP contribution in [0, 0.1) is 6.92 Å². The van der Waals surface area contributed by atoms with Gasteiger partial charge in [0.05, 0.1) is 5.69 Å². The SMILES string of the molecule is CCn1c(C(=O)C(=C(C)C)c2ccccc2C)cc2ccsc21. The highest BCUT2D eigenvalue weighted by Crippen LogP contribution is 2.31. The number of rotatable bonds is 4. The Morgan fingerprint density at radius 3 is 2.57 bits per heavy atom. The normalized spacial score (nSPS) is 11.0. The topological polar surface area (TPSA) is 22.0 Å². The van der Waals surface area contributed by atoms with Crippen LogP contribution in [0.15, 0.2) is 47.4 Å². The Morgan fingerprint density at radius 1 is 1.17 bits per heavy atom. The maximum atomic E-state index is 13.3. The summed E-state index contributed by atoms with van der Waals surface area (Å²) in [6, 6.07) is 12.2. The Kier molecular flexibility index (Phi) is 4.22. The average molecular weight is 323 g/mol. The number of nitrogens with zero attached hydrogens (tertiary/aromatic N) is 1. The largest absolute Gasteiger partial charge is 0.330 e. The van der Waals surface area contributed by atoms with Crippen LogP contribution >= 0.6 is 11.3 Å². The van der Waals surface area contributed by atoms with Gasteiger partial charge in [0.1, 0.15) is 4.83 Å². The van der Waals surface area contributed by atoms with Crippen molar-refractivity contribution in [3.8, 4) is 0 Å². The van der Waals surface area contributed by atoms with E-state index in [9.17, 15) is 4.79 Å². The lowest BCUT2D eigenvalue weighted by Gasteiger charge is -2.14. The highest BCUT2D eigenvalue weighted by molar-refractivity contribution is 7.16. The molecule has 118 valence electrons. The number of allylic oxidation sites excluding steroid dienone is 2. The maximum absolute atomic E-state index is 13.3. The number of ketones is 1. The van der Waals surface area contributed by atoms with Crippen molar-refractivity contribution in [1.82, 2.24) is 4.57 Å². The second-order valence-electron chi connectivity index (χ2n) is 5.97. The van der Waals surface area contributed by atoms with E-state index in [1.165, 1.54) is 4.83 Å². The number of aromatic nitrogens is 1. The van der Waals surface area contributed by atoms with Gasteiger partial charge in [0.15, 0.2) is 0 Å². The summed E-state index contributed by atoms with van der Waals surface area (Å²) in [7, 11) is 0. The molecule has 2 heterocycles. The first-order chi connectivity index (χ1) is 11.0. The molecule has 0 aliphatic carbocycles. The molecule has 0 aliphatic rings. The highest BCUT2D eigenvalue weighted by Gasteiger charge is 2.22. The lowest BCUT2D eigenvalue weighted by molar-refractivity contribution is 0.104. The zero-order valence-electron chi connectivity index (χ0n) is 14.0. The fourth-order valence-corrected chi connectivity index (χ4v) is 4.04. The molecule has 0 unspecified atom stereocenters. The van der Waals surface area contributed by atoms with Gasteiger partial charge in [0, 0.05) is 17.5 Å². The standard InChI is InChI=1S/C20H21NOS/c1-5-21-17(12-15-10-11-23-20(15)21)19(22)18(13(2)3)16-9-7-6-8-14(16)4/h6-12H,5H2,1-4H3. The van der Waals surface area contributed by atoms with Crippen LogP contribution in [0.4, 0.5) is 0 Å². The van der Waals surface area contributed by atoms with E-state index >= 15 is 0 Å². The summed E-state index contributed by atoms with van der Waals surface area (Å²) in [5, 5.41) is 3.23. The first kappa shape index (κ1) is 15.8. The van der Waals surface area contributed by atoms with Crippen LogP contribution in [0.25, 0.3) is 15.8 Å².